The maximum atomic E-state index is 13.4. The van der Waals surface area contributed by atoms with E-state index in [-0.39, 0.29) is 24.2 Å². The molecule has 2 saturated carbocycles. The predicted octanol–water partition coefficient (Wildman–Crippen LogP) is 2.83. The smallest absolute Gasteiger partial charge is 0.240 e. The van der Waals surface area contributed by atoms with Gasteiger partial charge in [0, 0.05) is 6.07 Å². The molecule has 1 atom stereocenters. The van der Waals surface area contributed by atoms with Crippen molar-refractivity contribution in [1.82, 2.24) is 5.32 Å². The number of hydrogen-bond donors (Lipinski definition) is 2. The minimum atomic E-state index is -0.813. The molecule has 0 aromatic heterocycles. The molecule has 6 heteroatoms. The molecule has 2 fully saturated rings. The maximum absolute atomic E-state index is 13.4. The van der Waals surface area contributed by atoms with E-state index in [9.17, 15) is 14.4 Å². The molecule has 0 aliphatic heterocycles. The van der Waals surface area contributed by atoms with Crippen LogP contribution in [0.25, 0.3) is 0 Å². The maximum Gasteiger partial charge on any atom is 0.240 e. The number of rotatable bonds is 8. The monoisotopic (exact) mass is 331 g/mol. The molecule has 1 aromatic carbocycles. The summed E-state index contributed by atoms with van der Waals surface area (Å²) in [6.07, 6.45) is 4.23. The third kappa shape index (κ3) is 4.16. The Morgan fingerprint density at radius 1 is 1.42 bits per heavy atom. The van der Waals surface area contributed by atoms with Crippen molar-refractivity contribution in [3.8, 4) is 11.8 Å². The van der Waals surface area contributed by atoms with Crippen LogP contribution >= 0.6 is 0 Å². The van der Waals surface area contributed by atoms with Gasteiger partial charge in [-0.05, 0) is 56.6 Å². The van der Waals surface area contributed by atoms with E-state index in [2.05, 4.69) is 16.7 Å². The lowest BCUT2D eigenvalue weighted by Gasteiger charge is -2.23. The Morgan fingerprint density at radius 2 is 2.17 bits per heavy atom. The standard InChI is InChI=1S/C18H22FN3O2/c1-18(11-20,13-4-5-13)22-17(23)9-21-15-7-6-14(19)8-16(15)24-10-12-2-3-12/h6-8,12-13,21H,2-5,9-10H2,1H3,(H,22,23)/t18-/m0/s1. The van der Waals surface area contributed by atoms with E-state index in [1.54, 1.807) is 13.0 Å². The normalized spacial score (nSPS) is 19.0. The highest BCUT2D eigenvalue weighted by atomic mass is 19.1. The Bertz CT molecular complexity index is 665. The van der Waals surface area contributed by atoms with Crippen molar-refractivity contribution in [2.24, 2.45) is 11.8 Å². The average molecular weight is 331 g/mol. The molecule has 2 aliphatic rings. The van der Waals surface area contributed by atoms with Crippen LogP contribution in [0.4, 0.5) is 10.1 Å². The Balaban J connectivity index is 1.57. The molecule has 0 radical (unpaired) electrons. The van der Waals surface area contributed by atoms with Crippen molar-refractivity contribution in [3.63, 3.8) is 0 Å². The van der Waals surface area contributed by atoms with E-state index in [4.69, 9.17) is 4.74 Å². The average Bonchev–Trinajstić information content (AvgIpc) is 3.44. The van der Waals surface area contributed by atoms with Gasteiger partial charge in [0.15, 0.2) is 0 Å². The van der Waals surface area contributed by atoms with E-state index >= 15 is 0 Å². The van der Waals surface area contributed by atoms with Crippen molar-refractivity contribution in [2.75, 3.05) is 18.5 Å². The molecule has 128 valence electrons. The number of anilines is 1. The number of carbonyl (C=O) groups is 1. The van der Waals surface area contributed by atoms with Gasteiger partial charge in [-0.1, -0.05) is 0 Å². The van der Waals surface area contributed by atoms with Crippen LogP contribution in [0, 0.1) is 29.0 Å². The summed E-state index contributed by atoms with van der Waals surface area (Å²) in [5.41, 5.74) is -0.232. The van der Waals surface area contributed by atoms with Gasteiger partial charge in [-0.15, -0.1) is 0 Å². The largest absolute Gasteiger partial charge is 0.491 e. The number of halogens is 1. The second kappa shape index (κ2) is 6.68. The van der Waals surface area contributed by atoms with Crippen molar-refractivity contribution in [1.29, 1.82) is 5.26 Å². The topological polar surface area (TPSA) is 74.2 Å². The summed E-state index contributed by atoms with van der Waals surface area (Å²) >= 11 is 0. The molecule has 0 unspecified atom stereocenters. The van der Waals surface area contributed by atoms with Crippen LogP contribution < -0.4 is 15.4 Å². The van der Waals surface area contributed by atoms with Crippen LogP contribution in [0.1, 0.15) is 32.6 Å². The van der Waals surface area contributed by atoms with Crippen LogP contribution in [0.5, 0.6) is 5.75 Å². The zero-order valence-corrected chi connectivity index (χ0v) is 13.8. The van der Waals surface area contributed by atoms with Gasteiger partial charge >= 0.3 is 0 Å². The minimum absolute atomic E-state index is 0.00934. The molecular formula is C18H22FN3O2. The van der Waals surface area contributed by atoms with E-state index in [1.165, 1.54) is 12.1 Å². The lowest BCUT2D eigenvalue weighted by atomic mass is 9.98. The fourth-order valence-corrected chi connectivity index (χ4v) is 2.65. The highest BCUT2D eigenvalue weighted by Crippen LogP contribution is 2.39. The number of nitriles is 1. The lowest BCUT2D eigenvalue weighted by Crippen LogP contribution is -2.48. The van der Waals surface area contributed by atoms with Gasteiger partial charge in [-0.2, -0.15) is 5.26 Å². The minimum Gasteiger partial charge on any atom is -0.491 e. The number of hydrogen-bond acceptors (Lipinski definition) is 4. The Labute approximate surface area is 141 Å². The Hall–Kier alpha value is -2.29. The number of carbonyl (C=O) groups excluding carboxylic acids is 1. The van der Waals surface area contributed by atoms with E-state index < -0.39 is 5.54 Å². The van der Waals surface area contributed by atoms with Crippen LogP contribution in [0.15, 0.2) is 18.2 Å². The molecule has 1 aromatic rings. The van der Waals surface area contributed by atoms with E-state index in [1.807, 2.05) is 0 Å². The highest BCUT2D eigenvalue weighted by Gasteiger charge is 2.42. The molecule has 0 bridgehead atoms. The number of amides is 1. The Kier molecular flexibility index (Phi) is 4.61. The predicted molar refractivity (Wildman–Crippen MR) is 88.0 cm³/mol. The molecule has 24 heavy (non-hydrogen) atoms. The molecule has 2 N–H and O–H groups in total. The number of benzene rings is 1. The summed E-state index contributed by atoms with van der Waals surface area (Å²) in [5, 5.41) is 15.1. The van der Waals surface area contributed by atoms with Gasteiger partial charge in [0.05, 0.1) is 24.9 Å². The van der Waals surface area contributed by atoms with Gasteiger partial charge in [0.25, 0.3) is 0 Å². The summed E-state index contributed by atoms with van der Waals surface area (Å²) < 4.78 is 19.1. The van der Waals surface area contributed by atoms with Crippen LogP contribution in [0.3, 0.4) is 0 Å². The first-order valence-electron chi connectivity index (χ1n) is 8.38. The molecule has 2 aliphatic carbocycles. The Morgan fingerprint density at radius 3 is 2.79 bits per heavy atom. The number of nitrogens with zero attached hydrogens (tertiary/aromatic N) is 1. The first-order valence-corrected chi connectivity index (χ1v) is 8.38. The SMILES string of the molecule is C[C@@](C#N)(NC(=O)CNc1ccc(F)cc1OCC1CC1)C1CC1. The molecule has 1 amide bonds. The number of nitrogens with one attached hydrogen (secondary N) is 2. The quantitative estimate of drug-likeness (QED) is 0.768. The van der Waals surface area contributed by atoms with Gasteiger partial charge in [0.2, 0.25) is 5.91 Å². The van der Waals surface area contributed by atoms with Gasteiger partial charge in [0.1, 0.15) is 17.1 Å². The third-order valence-corrected chi connectivity index (χ3v) is 4.58. The van der Waals surface area contributed by atoms with E-state index in [0.29, 0.717) is 24.0 Å². The molecule has 0 spiro atoms. The van der Waals surface area contributed by atoms with Crippen molar-refractivity contribution in [3.05, 3.63) is 24.0 Å². The fourth-order valence-electron chi connectivity index (χ4n) is 2.65. The first kappa shape index (κ1) is 16.6. The van der Waals surface area contributed by atoms with Gasteiger partial charge in [-0.3, -0.25) is 4.79 Å². The molecular weight excluding hydrogens is 309 g/mol. The van der Waals surface area contributed by atoms with Crippen molar-refractivity contribution < 1.29 is 13.9 Å². The zero-order valence-electron chi connectivity index (χ0n) is 13.8. The molecule has 5 nitrogen and oxygen atoms in total. The van der Waals surface area contributed by atoms with Crippen LogP contribution in [-0.2, 0) is 4.79 Å². The van der Waals surface area contributed by atoms with E-state index in [0.717, 1.165) is 25.7 Å². The van der Waals surface area contributed by atoms with Crippen molar-refractivity contribution >= 4 is 11.6 Å². The summed E-state index contributed by atoms with van der Waals surface area (Å²) in [6, 6.07) is 6.41. The second-order valence-electron chi connectivity index (χ2n) is 6.89. The molecule has 3 rings (SSSR count). The first-order chi connectivity index (χ1) is 11.5. The molecule has 0 heterocycles. The zero-order chi connectivity index (χ0) is 17.2. The van der Waals surface area contributed by atoms with Gasteiger partial charge in [-0.25, -0.2) is 4.39 Å². The fraction of sp³-hybridized carbons (Fsp3) is 0.556. The summed E-state index contributed by atoms with van der Waals surface area (Å²) in [6.45, 7) is 2.33. The lowest BCUT2D eigenvalue weighted by molar-refractivity contribution is -0.120. The summed E-state index contributed by atoms with van der Waals surface area (Å²) in [4.78, 5) is 12.1. The summed E-state index contributed by atoms with van der Waals surface area (Å²) in [7, 11) is 0. The number of ether oxygens (including phenoxy) is 1. The van der Waals surface area contributed by atoms with Crippen LogP contribution in [0.2, 0.25) is 0 Å². The third-order valence-electron chi connectivity index (χ3n) is 4.58. The molecule has 0 saturated heterocycles. The van der Waals surface area contributed by atoms with Crippen molar-refractivity contribution in [2.45, 2.75) is 38.1 Å². The summed E-state index contributed by atoms with van der Waals surface area (Å²) in [5.74, 6) is 0.568. The highest BCUT2D eigenvalue weighted by molar-refractivity contribution is 5.82. The second-order valence-corrected chi connectivity index (χ2v) is 6.89. The van der Waals surface area contributed by atoms with Gasteiger partial charge < -0.3 is 15.4 Å². The van der Waals surface area contributed by atoms with Crippen LogP contribution in [-0.4, -0.2) is 24.6 Å².